The lowest BCUT2D eigenvalue weighted by molar-refractivity contribution is -0.159. The molecule has 1 amide bonds. The maximum Gasteiger partial charge on any atom is 0.311 e. The van der Waals surface area contributed by atoms with E-state index in [0.717, 1.165) is 27.9 Å². The van der Waals surface area contributed by atoms with Crippen molar-refractivity contribution >= 4 is 40.3 Å². The Labute approximate surface area is 158 Å². The van der Waals surface area contributed by atoms with Crippen molar-refractivity contribution in [3.63, 3.8) is 0 Å². The number of nitrogens with zero attached hydrogens (tertiary/aromatic N) is 1. The topological polar surface area (TPSA) is 58.6 Å². The summed E-state index contributed by atoms with van der Waals surface area (Å²) in [7, 11) is 3.42. The lowest BCUT2D eigenvalue weighted by Gasteiger charge is -2.23. The van der Waals surface area contributed by atoms with Gasteiger partial charge >= 0.3 is 5.97 Å². The van der Waals surface area contributed by atoms with Crippen molar-refractivity contribution in [3.05, 3.63) is 22.7 Å². The third-order valence-corrected chi connectivity index (χ3v) is 5.43. The van der Waals surface area contributed by atoms with Gasteiger partial charge in [-0.25, -0.2) is 0 Å². The molecule has 1 aromatic carbocycles. The zero-order valence-corrected chi connectivity index (χ0v) is 16.9. The summed E-state index contributed by atoms with van der Waals surface area (Å²) in [4.78, 5) is 26.8. The average molecular weight is 385 g/mol. The Balaban J connectivity index is 2.21. The van der Waals surface area contributed by atoms with Gasteiger partial charge in [0.25, 0.3) is 5.24 Å². The summed E-state index contributed by atoms with van der Waals surface area (Å²) in [6.07, 6.45) is 1.31. The molecule has 0 aromatic heterocycles. The van der Waals surface area contributed by atoms with E-state index in [9.17, 15) is 9.59 Å². The summed E-state index contributed by atoms with van der Waals surface area (Å²) in [5.74, 6) is -0.426. The van der Waals surface area contributed by atoms with Gasteiger partial charge in [-0.1, -0.05) is 11.6 Å². The van der Waals surface area contributed by atoms with Gasteiger partial charge < -0.3 is 15.0 Å². The summed E-state index contributed by atoms with van der Waals surface area (Å²) < 4.78 is 5.51. The lowest BCUT2D eigenvalue weighted by atomic mass is 10.0. The van der Waals surface area contributed by atoms with Crippen LogP contribution in [0.1, 0.15) is 32.8 Å². The maximum absolute atomic E-state index is 12.4. The van der Waals surface area contributed by atoms with E-state index in [4.69, 9.17) is 16.3 Å². The van der Waals surface area contributed by atoms with Gasteiger partial charge in [-0.3, -0.25) is 9.59 Å². The predicted molar refractivity (Wildman–Crippen MR) is 103 cm³/mol. The molecule has 0 aliphatic carbocycles. The van der Waals surface area contributed by atoms with E-state index in [2.05, 4.69) is 5.32 Å². The Bertz CT molecular complexity index is 671. The zero-order chi connectivity index (χ0) is 18.8. The zero-order valence-electron chi connectivity index (χ0n) is 15.3. The molecule has 1 unspecified atom stereocenters. The molecule has 0 saturated carbocycles. The van der Waals surface area contributed by atoms with Crippen LogP contribution in [0.15, 0.2) is 17.0 Å². The van der Waals surface area contributed by atoms with Crippen LogP contribution in [0.4, 0.5) is 10.5 Å². The van der Waals surface area contributed by atoms with E-state index in [1.807, 2.05) is 26.8 Å². The minimum atomic E-state index is -0.501. The van der Waals surface area contributed by atoms with Gasteiger partial charge in [0.05, 0.1) is 10.9 Å². The molecule has 1 heterocycles. The van der Waals surface area contributed by atoms with Crippen LogP contribution < -0.4 is 5.32 Å². The summed E-state index contributed by atoms with van der Waals surface area (Å²) in [5, 5.41) is 3.79. The standard InChI is InChI=1S/C18H25ClN2O3S/c1-18(2,3)24-16(22)11-6-7-12-14(20-10-11)9-8-13(19)15(12)25-17(23)21(4)5/h8-9,11,20H,6-7,10H2,1-5H3. The Morgan fingerprint density at radius 3 is 2.60 bits per heavy atom. The second-order valence-electron chi connectivity index (χ2n) is 7.31. The Hall–Kier alpha value is -1.40. The van der Waals surface area contributed by atoms with E-state index in [0.29, 0.717) is 24.4 Å². The quantitative estimate of drug-likeness (QED) is 0.603. The van der Waals surface area contributed by atoms with E-state index in [-0.39, 0.29) is 17.1 Å². The monoisotopic (exact) mass is 384 g/mol. The molecule has 0 fully saturated rings. The average Bonchev–Trinajstić information content (AvgIpc) is 2.70. The number of benzene rings is 1. The van der Waals surface area contributed by atoms with Gasteiger partial charge in [0.15, 0.2) is 0 Å². The van der Waals surface area contributed by atoms with Gasteiger partial charge in [0.1, 0.15) is 5.60 Å². The van der Waals surface area contributed by atoms with E-state index < -0.39 is 5.60 Å². The molecular weight excluding hydrogens is 360 g/mol. The lowest BCUT2D eigenvalue weighted by Crippen LogP contribution is -2.31. The number of hydrogen-bond donors (Lipinski definition) is 1. The molecule has 1 aromatic rings. The highest BCUT2D eigenvalue weighted by Crippen LogP contribution is 2.39. The number of carbonyl (C=O) groups is 2. The number of anilines is 1. The van der Waals surface area contributed by atoms with Gasteiger partial charge in [-0.2, -0.15) is 0 Å². The van der Waals surface area contributed by atoms with Gasteiger partial charge in [0.2, 0.25) is 0 Å². The van der Waals surface area contributed by atoms with Crippen molar-refractivity contribution < 1.29 is 14.3 Å². The number of hydrogen-bond acceptors (Lipinski definition) is 5. The number of carbonyl (C=O) groups excluding carboxylic acids is 2. The highest BCUT2D eigenvalue weighted by molar-refractivity contribution is 8.13. The van der Waals surface area contributed by atoms with Crippen molar-refractivity contribution in [2.24, 2.45) is 5.92 Å². The van der Waals surface area contributed by atoms with E-state index in [1.54, 1.807) is 20.2 Å². The Morgan fingerprint density at radius 1 is 1.32 bits per heavy atom. The van der Waals surface area contributed by atoms with Crippen LogP contribution in [0, 0.1) is 5.92 Å². The third-order valence-electron chi connectivity index (χ3n) is 3.79. The number of rotatable bonds is 2. The first-order valence-electron chi connectivity index (χ1n) is 8.25. The summed E-state index contributed by atoms with van der Waals surface area (Å²) in [6.45, 7) is 6.11. The largest absolute Gasteiger partial charge is 0.460 e. The molecule has 0 saturated heterocycles. The van der Waals surface area contributed by atoms with Crippen molar-refractivity contribution in [2.75, 3.05) is 26.0 Å². The number of halogens is 1. The highest BCUT2D eigenvalue weighted by atomic mass is 35.5. The molecule has 1 aliphatic heterocycles. The van der Waals surface area contributed by atoms with Crippen LogP contribution in [-0.2, 0) is 16.0 Å². The molecule has 138 valence electrons. The number of ether oxygens (including phenoxy) is 1. The van der Waals surface area contributed by atoms with Crippen molar-refractivity contribution in [2.45, 2.75) is 44.1 Å². The maximum atomic E-state index is 12.4. The van der Waals surface area contributed by atoms with E-state index >= 15 is 0 Å². The van der Waals surface area contributed by atoms with Crippen LogP contribution in [-0.4, -0.2) is 42.3 Å². The van der Waals surface area contributed by atoms with Crippen LogP contribution in [0.5, 0.6) is 0 Å². The van der Waals surface area contributed by atoms with Crippen LogP contribution in [0.25, 0.3) is 0 Å². The minimum absolute atomic E-state index is 0.0803. The fourth-order valence-corrected chi connectivity index (χ4v) is 3.69. The van der Waals surface area contributed by atoms with Crippen molar-refractivity contribution in [1.29, 1.82) is 0 Å². The van der Waals surface area contributed by atoms with Crippen molar-refractivity contribution in [1.82, 2.24) is 4.90 Å². The number of thioether (sulfide) groups is 1. The Kier molecular flexibility index (Phi) is 6.27. The first-order valence-corrected chi connectivity index (χ1v) is 9.45. The second-order valence-corrected chi connectivity index (χ2v) is 8.68. The molecule has 0 radical (unpaired) electrons. The van der Waals surface area contributed by atoms with Crippen LogP contribution in [0.2, 0.25) is 5.02 Å². The van der Waals surface area contributed by atoms with Gasteiger partial charge in [-0.05, 0) is 63.1 Å². The number of esters is 1. The van der Waals surface area contributed by atoms with Crippen LogP contribution in [0.3, 0.4) is 0 Å². The molecule has 5 nitrogen and oxygen atoms in total. The van der Waals surface area contributed by atoms with Crippen molar-refractivity contribution in [3.8, 4) is 0 Å². The predicted octanol–water partition coefficient (Wildman–Crippen LogP) is 4.43. The van der Waals surface area contributed by atoms with Crippen LogP contribution >= 0.6 is 23.4 Å². The first kappa shape index (κ1) is 19.9. The molecule has 1 aliphatic rings. The fraction of sp³-hybridized carbons (Fsp3) is 0.556. The normalized spacial score (nSPS) is 17.1. The molecule has 1 atom stereocenters. The number of nitrogens with one attached hydrogen (secondary N) is 1. The van der Waals surface area contributed by atoms with E-state index in [1.165, 1.54) is 4.90 Å². The molecule has 25 heavy (non-hydrogen) atoms. The fourth-order valence-electron chi connectivity index (χ4n) is 2.54. The minimum Gasteiger partial charge on any atom is -0.460 e. The summed E-state index contributed by atoms with van der Waals surface area (Å²) in [5.41, 5.74) is 1.40. The molecule has 1 N–H and O–H groups in total. The molecular formula is C18H25ClN2O3S. The first-order chi connectivity index (χ1) is 11.6. The molecule has 0 spiro atoms. The molecule has 2 rings (SSSR count). The highest BCUT2D eigenvalue weighted by Gasteiger charge is 2.29. The number of amides is 1. The SMILES string of the molecule is CN(C)C(=O)Sc1c(Cl)ccc2c1CCC(C(=O)OC(C)(C)C)CN2. The molecule has 7 heteroatoms. The number of fused-ring (bicyclic) bond motifs is 1. The summed E-state index contributed by atoms with van der Waals surface area (Å²) >= 11 is 7.46. The smallest absolute Gasteiger partial charge is 0.311 e. The summed E-state index contributed by atoms with van der Waals surface area (Å²) in [6, 6.07) is 3.69. The third kappa shape index (κ3) is 5.28. The molecule has 0 bridgehead atoms. The van der Waals surface area contributed by atoms with Gasteiger partial charge in [-0.15, -0.1) is 0 Å². The second kappa shape index (κ2) is 7.87. The Morgan fingerprint density at radius 2 is 2.00 bits per heavy atom. The van der Waals surface area contributed by atoms with Gasteiger partial charge in [0, 0.05) is 31.2 Å².